The number of rotatable bonds is 3. The van der Waals surface area contributed by atoms with Gasteiger partial charge in [0.2, 0.25) is 0 Å². The second-order valence-corrected chi connectivity index (χ2v) is 7.53. The van der Waals surface area contributed by atoms with Gasteiger partial charge in [0.15, 0.2) is 0 Å². The van der Waals surface area contributed by atoms with Gasteiger partial charge >= 0.3 is 0 Å². The maximum Gasteiger partial charge on any atom is 0.251 e. The Bertz CT molecular complexity index is 539. The fourth-order valence-electron chi connectivity index (χ4n) is 5.54. The quantitative estimate of drug-likeness (QED) is 0.918. The molecule has 0 amide bonds. The number of nitrogens with zero attached hydrogens (tertiary/aromatic N) is 1. The summed E-state index contributed by atoms with van der Waals surface area (Å²) in [5.74, 6) is 3.69. The van der Waals surface area contributed by atoms with E-state index in [0.717, 1.165) is 42.1 Å². The molecule has 1 aromatic heterocycles. The van der Waals surface area contributed by atoms with Gasteiger partial charge in [-0.15, -0.1) is 0 Å². The molecule has 4 aliphatic carbocycles. The van der Waals surface area contributed by atoms with E-state index < -0.39 is 0 Å². The van der Waals surface area contributed by atoms with Crippen LogP contribution in [-0.2, 0) is 11.8 Å². The summed E-state index contributed by atoms with van der Waals surface area (Å²) in [5, 5.41) is 0. The van der Waals surface area contributed by atoms with Crippen LogP contribution in [0.1, 0.15) is 63.4 Å². The van der Waals surface area contributed by atoms with Crippen LogP contribution in [0.25, 0.3) is 0 Å². The Hall–Kier alpha value is -1.12. The Morgan fingerprint density at radius 3 is 2.35 bits per heavy atom. The standard InChI is InChI=1S/C17H24N2O/c1-2-3-14-7-15(20)19-16(18-14)17-8-11-4-12(9-17)6-13(5-11)10-17/h7,11-13H,2-6,8-10H2,1H3,(H,18,19,20). The summed E-state index contributed by atoms with van der Waals surface area (Å²) in [6, 6.07) is 1.69. The number of nitrogens with one attached hydrogen (secondary N) is 1. The molecule has 1 N–H and O–H groups in total. The molecule has 0 aliphatic heterocycles. The second kappa shape index (κ2) is 4.44. The highest BCUT2D eigenvalue weighted by molar-refractivity contribution is 5.19. The maximum atomic E-state index is 12.0. The molecule has 5 rings (SSSR count). The fraction of sp³-hybridized carbons (Fsp3) is 0.765. The Kier molecular flexibility index (Phi) is 2.80. The smallest absolute Gasteiger partial charge is 0.251 e. The van der Waals surface area contributed by atoms with Gasteiger partial charge in [-0.3, -0.25) is 4.79 Å². The average Bonchev–Trinajstić information content (AvgIpc) is 2.36. The molecule has 0 unspecified atom stereocenters. The molecule has 4 fully saturated rings. The number of aryl methyl sites for hydroxylation is 1. The SMILES string of the molecule is CCCc1cc(=O)[nH]c(C23CC4CC(CC(C4)C2)C3)n1. The molecule has 0 spiro atoms. The Morgan fingerprint density at radius 2 is 1.80 bits per heavy atom. The van der Waals surface area contributed by atoms with E-state index in [0.29, 0.717) is 0 Å². The minimum atomic E-state index is 0.0502. The zero-order valence-electron chi connectivity index (χ0n) is 12.3. The van der Waals surface area contributed by atoms with E-state index in [2.05, 4.69) is 11.9 Å². The van der Waals surface area contributed by atoms with Gasteiger partial charge in [-0.1, -0.05) is 13.3 Å². The molecule has 4 aliphatic rings. The summed E-state index contributed by atoms with van der Waals surface area (Å²) in [6.07, 6.45) is 10.0. The van der Waals surface area contributed by atoms with E-state index >= 15 is 0 Å². The molecule has 0 aromatic carbocycles. The summed E-state index contributed by atoms with van der Waals surface area (Å²) in [5.41, 5.74) is 1.24. The van der Waals surface area contributed by atoms with Crippen LogP contribution < -0.4 is 5.56 Å². The van der Waals surface area contributed by atoms with Gasteiger partial charge in [-0.2, -0.15) is 0 Å². The summed E-state index contributed by atoms with van der Waals surface area (Å²) >= 11 is 0. The van der Waals surface area contributed by atoms with Crippen molar-refractivity contribution in [1.29, 1.82) is 0 Å². The molecule has 108 valence electrons. The van der Waals surface area contributed by atoms with Crippen molar-refractivity contribution in [2.24, 2.45) is 17.8 Å². The molecule has 20 heavy (non-hydrogen) atoms. The molecule has 0 saturated heterocycles. The van der Waals surface area contributed by atoms with Crippen molar-refractivity contribution in [3.63, 3.8) is 0 Å². The van der Waals surface area contributed by atoms with Crippen LogP contribution in [0, 0.1) is 17.8 Å². The normalized spacial score (nSPS) is 38.4. The summed E-state index contributed by atoms with van der Waals surface area (Å²) < 4.78 is 0. The number of aromatic nitrogens is 2. The highest BCUT2D eigenvalue weighted by Gasteiger charge is 2.52. The van der Waals surface area contributed by atoms with Crippen molar-refractivity contribution >= 4 is 0 Å². The first-order chi connectivity index (χ1) is 9.67. The summed E-state index contributed by atoms with van der Waals surface area (Å²) in [4.78, 5) is 19.9. The van der Waals surface area contributed by atoms with Gasteiger partial charge < -0.3 is 4.98 Å². The topological polar surface area (TPSA) is 45.8 Å². The molecular formula is C17H24N2O. The lowest BCUT2D eigenvalue weighted by Gasteiger charge is -2.56. The first-order valence-electron chi connectivity index (χ1n) is 8.27. The molecule has 1 heterocycles. The van der Waals surface area contributed by atoms with Crippen molar-refractivity contribution in [2.75, 3.05) is 0 Å². The lowest BCUT2D eigenvalue weighted by atomic mass is 9.49. The first kappa shape index (κ1) is 12.6. The van der Waals surface area contributed by atoms with E-state index in [-0.39, 0.29) is 11.0 Å². The Morgan fingerprint density at radius 1 is 1.20 bits per heavy atom. The number of hydrogen-bond acceptors (Lipinski definition) is 2. The third-order valence-electron chi connectivity index (χ3n) is 5.84. The average molecular weight is 272 g/mol. The number of aromatic amines is 1. The van der Waals surface area contributed by atoms with Crippen molar-refractivity contribution in [1.82, 2.24) is 9.97 Å². The van der Waals surface area contributed by atoms with Crippen LogP contribution in [0.3, 0.4) is 0 Å². The van der Waals surface area contributed by atoms with E-state index in [4.69, 9.17) is 4.98 Å². The van der Waals surface area contributed by atoms with Crippen molar-refractivity contribution in [2.45, 2.75) is 63.7 Å². The van der Waals surface area contributed by atoms with Crippen molar-refractivity contribution in [3.8, 4) is 0 Å². The Balaban J connectivity index is 1.75. The highest BCUT2D eigenvalue weighted by atomic mass is 16.1. The molecule has 1 aromatic rings. The van der Waals surface area contributed by atoms with E-state index in [1.54, 1.807) is 6.07 Å². The molecule has 0 radical (unpaired) electrons. The van der Waals surface area contributed by atoms with Crippen LogP contribution >= 0.6 is 0 Å². The molecule has 0 atom stereocenters. The van der Waals surface area contributed by atoms with E-state index in [1.165, 1.54) is 38.5 Å². The fourth-order valence-corrected chi connectivity index (χ4v) is 5.54. The summed E-state index contributed by atoms with van der Waals surface area (Å²) in [6.45, 7) is 2.15. The minimum absolute atomic E-state index is 0.0502. The number of H-pyrrole nitrogens is 1. The van der Waals surface area contributed by atoms with Crippen molar-refractivity contribution in [3.05, 3.63) is 27.9 Å². The molecule has 4 saturated carbocycles. The van der Waals surface area contributed by atoms with Gasteiger partial charge in [-0.25, -0.2) is 4.98 Å². The van der Waals surface area contributed by atoms with Crippen LogP contribution in [0.4, 0.5) is 0 Å². The van der Waals surface area contributed by atoms with Gasteiger partial charge in [0.05, 0.1) is 0 Å². The van der Waals surface area contributed by atoms with Crippen LogP contribution in [0.15, 0.2) is 10.9 Å². The van der Waals surface area contributed by atoms with Gasteiger partial charge in [0, 0.05) is 17.2 Å². The highest BCUT2D eigenvalue weighted by Crippen LogP contribution is 2.59. The van der Waals surface area contributed by atoms with E-state index in [1.807, 2.05) is 0 Å². The second-order valence-electron chi connectivity index (χ2n) is 7.53. The molecule has 3 heteroatoms. The molecular weight excluding hydrogens is 248 g/mol. The van der Waals surface area contributed by atoms with Gasteiger partial charge in [0.1, 0.15) is 5.82 Å². The zero-order chi connectivity index (χ0) is 13.7. The summed E-state index contributed by atoms with van der Waals surface area (Å²) in [7, 11) is 0. The maximum absolute atomic E-state index is 12.0. The molecule has 3 nitrogen and oxygen atoms in total. The molecule has 4 bridgehead atoms. The first-order valence-corrected chi connectivity index (χ1v) is 8.27. The van der Waals surface area contributed by atoms with Crippen LogP contribution in [0.2, 0.25) is 0 Å². The van der Waals surface area contributed by atoms with Crippen molar-refractivity contribution < 1.29 is 0 Å². The largest absolute Gasteiger partial charge is 0.310 e. The third-order valence-corrected chi connectivity index (χ3v) is 5.84. The predicted octanol–water partition coefficient (Wildman–Crippen LogP) is 3.19. The minimum Gasteiger partial charge on any atom is -0.310 e. The van der Waals surface area contributed by atoms with E-state index in [9.17, 15) is 4.79 Å². The van der Waals surface area contributed by atoms with Crippen LogP contribution in [0.5, 0.6) is 0 Å². The Labute approximate surface area is 120 Å². The monoisotopic (exact) mass is 272 g/mol. The number of hydrogen-bond donors (Lipinski definition) is 1. The lowest BCUT2D eigenvalue weighted by Crippen LogP contribution is -2.49. The lowest BCUT2D eigenvalue weighted by molar-refractivity contribution is -0.00960. The zero-order valence-corrected chi connectivity index (χ0v) is 12.3. The third kappa shape index (κ3) is 1.94. The van der Waals surface area contributed by atoms with Gasteiger partial charge in [-0.05, 0) is 62.7 Å². The van der Waals surface area contributed by atoms with Crippen LogP contribution in [-0.4, -0.2) is 9.97 Å². The van der Waals surface area contributed by atoms with Gasteiger partial charge in [0.25, 0.3) is 5.56 Å². The predicted molar refractivity (Wildman–Crippen MR) is 78.7 cm³/mol.